The van der Waals surface area contributed by atoms with Gasteiger partial charge in [-0.3, -0.25) is 19.0 Å². The lowest BCUT2D eigenvalue weighted by atomic mass is 9.92. The summed E-state index contributed by atoms with van der Waals surface area (Å²) >= 11 is 3.51. The minimum absolute atomic E-state index is 0.0188. The van der Waals surface area contributed by atoms with Crippen LogP contribution in [0, 0.1) is 16.2 Å². The number of benzene rings is 3. The molecule has 6 aliphatic carbocycles. The minimum atomic E-state index is -3.44. The molecule has 3 saturated heterocycles. The van der Waals surface area contributed by atoms with Crippen LogP contribution in [0.1, 0.15) is 181 Å². The number of rotatable bonds is 13. The van der Waals surface area contributed by atoms with Gasteiger partial charge in [0.15, 0.2) is 11.6 Å². The van der Waals surface area contributed by atoms with E-state index in [1.54, 1.807) is 58.9 Å². The van der Waals surface area contributed by atoms with E-state index in [0.29, 0.717) is 64.6 Å². The predicted octanol–water partition coefficient (Wildman–Crippen LogP) is 10.5. The highest BCUT2D eigenvalue weighted by Crippen LogP contribution is 2.56. The number of sulfonamides is 3. The lowest BCUT2D eigenvalue weighted by Gasteiger charge is -2.35. The molecule has 3 spiro atoms. The fraction of sp³-hybridized carbons (Fsp3) is 0.625. The second kappa shape index (κ2) is 20.5. The molecule has 3 aromatic rings. The molecule has 0 amide bonds. The summed E-state index contributed by atoms with van der Waals surface area (Å²) in [7, 11) is -10.1. The van der Waals surface area contributed by atoms with Gasteiger partial charge in [-0.1, -0.05) is 15.9 Å². The van der Waals surface area contributed by atoms with Gasteiger partial charge in [-0.2, -0.15) is 0 Å². The summed E-state index contributed by atoms with van der Waals surface area (Å²) < 4.78 is 75.4. The summed E-state index contributed by atoms with van der Waals surface area (Å²) in [5.74, 6) is -0.806. The van der Waals surface area contributed by atoms with Gasteiger partial charge in [-0.15, -0.1) is 0 Å². The quantitative estimate of drug-likeness (QED) is 0.117. The van der Waals surface area contributed by atoms with Crippen molar-refractivity contribution in [3.8, 4) is 0 Å². The molecule has 0 bridgehead atoms. The largest absolute Gasteiger partial charge is 0.478 e. The number of hydrogen-bond donors (Lipinski definition) is 4. The second-order valence-electron chi connectivity index (χ2n) is 24.6. The van der Waals surface area contributed by atoms with Crippen LogP contribution < -0.4 is 29.3 Å². The zero-order valence-electron chi connectivity index (χ0n) is 44.8. The van der Waals surface area contributed by atoms with Crippen molar-refractivity contribution in [1.29, 1.82) is 0 Å². The van der Waals surface area contributed by atoms with E-state index in [1.807, 2.05) is 18.2 Å². The van der Waals surface area contributed by atoms with Crippen LogP contribution in [0.2, 0.25) is 0 Å². The van der Waals surface area contributed by atoms with Gasteiger partial charge in [-0.25, -0.2) is 35.2 Å². The van der Waals surface area contributed by atoms with Crippen LogP contribution in [0.3, 0.4) is 0 Å². The van der Waals surface area contributed by atoms with Gasteiger partial charge in [0.1, 0.15) is 0 Å². The standard InChI is InChI=1S/C19H26N2O3S.C18H24N2O4S.C15H18BrNO.C4H9NO2S/c1-14(22)16-4-3-15(20-25(23,24)18(2)5-6-18)13-17(16)21-11-9-19(7-8-19)10-12-21;1-17(4-5-17)25(23,24)19-13-2-3-14(16(21)22)15(12-13)20-10-8-18(6-7-18)9-11-20;1-11(18)13-3-2-12(16)10-14(13)17-8-6-15(4-5-15)7-9-17;1-4(2-3-4)8(5,6)7/h3-4,13,20H,5-12H2,1-2H3;2-3,12,19H,4-11H2,1H3,(H,21,22);2-3,10H,4-9H2,1H3;2-3H2,1H3,(H2,5,6,7). The Bertz CT molecular complexity index is 2950. The van der Waals surface area contributed by atoms with Crippen molar-refractivity contribution in [3.05, 3.63) is 75.8 Å². The van der Waals surface area contributed by atoms with Gasteiger partial charge in [-0.05, 0) is 221 Å². The Morgan fingerprint density at radius 1 is 0.474 bits per heavy atom. The number of Topliss-reactive ketones (excluding diaryl/α,β-unsaturated/α-hetero) is 2. The van der Waals surface area contributed by atoms with E-state index in [4.69, 9.17) is 5.14 Å². The van der Waals surface area contributed by atoms with Crippen LogP contribution in [0.4, 0.5) is 28.4 Å². The fourth-order valence-electron chi connectivity index (χ4n) is 10.9. The highest BCUT2D eigenvalue weighted by atomic mass is 79.9. The molecule has 416 valence electrons. The molecule has 20 heteroatoms. The number of carbonyl (C=O) groups excluding carboxylic acids is 2. The Balaban J connectivity index is 0.000000131. The summed E-state index contributed by atoms with van der Waals surface area (Å²) in [5, 5.41) is 14.4. The molecule has 6 saturated carbocycles. The normalized spacial score (nSPS) is 23.0. The number of aromatic carboxylic acids is 1. The summed E-state index contributed by atoms with van der Waals surface area (Å²) in [6.07, 6.45) is 19.3. The van der Waals surface area contributed by atoms with Crippen molar-refractivity contribution in [3.63, 3.8) is 0 Å². The summed E-state index contributed by atoms with van der Waals surface area (Å²) in [6.45, 7) is 14.1. The SMILES string of the molecule is CC(=O)c1ccc(Br)cc1N1CCC2(CC1)CC2.CC(=O)c1ccc(NS(=O)(=O)C2(C)CC2)cc1N1CCC2(CC1)CC2.CC1(S(=O)(=O)Nc2ccc(C(=O)O)c(N3CCC4(CC3)CC4)c2)CC1.CC1(S(N)(=O)=O)CC1. The molecule has 0 radical (unpaired) electrons. The molecule has 0 unspecified atom stereocenters. The molecule has 9 fully saturated rings. The molecule has 3 aromatic carbocycles. The number of nitrogens with zero attached hydrogens (tertiary/aromatic N) is 3. The number of ketones is 2. The average Bonchev–Trinajstić information content (AvgIpc) is 4.12. The van der Waals surface area contributed by atoms with Crippen LogP contribution >= 0.6 is 15.9 Å². The number of anilines is 5. The van der Waals surface area contributed by atoms with E-state index in [1.165, 1.54) is 70.3 Å². The van der Waals surface area contributed by atoms with E-state index in [9.17, 15) is 44.7 Å². The van der Waals surface area contributed by atoms with Gasteiger partial charge < -0.3 is 19.8 Å². The molecular formula is C56H77BrN6O10S3. The van der Waals surface area contributed by atoms with E-state index in [2.05, 4.69) is 46.1 Å². The second-order valence-corrected chi connectivity index (χ2v) is 32.0. The van der Waals surface area contributed by atoms with Crippen LogP contribution in [-0.2, 0) is 30.1 Å². The molecular weight excluding hydrogens is 1090 g/mol. The monoisotopic (exact) mass is 1170 g/mol. The first-order valence-corrected chi connectivity index (χ1v) is 32.5. The maximum atomic E-state index is 12.5. The molecule has 3 aliphatic heterocycles. The first kappa shape index (κ1) is 56.5. The molecule has 5 N–H and O–H groups in total. The Morgan fingerprint density at radius 3 is 1.05 bits per heavy atom. The van der Waals surface area contributed by atoms with E-state index in [0.717, 1.165) is 86.4 Å². The lowest BCUT2D eigenvalue weighted by Crippen LogP contribution is -2.35. The van der Waals surface area contributed by atoms with Gasteiger partial charge in [0.05, 0.1) is 36.9 Å². The number of carboxylic acid groups (broad SMARTS) is 1. The summed E-state index contributed by atoms with van der Waals surface area (Å²) in [6, 6.07) is 16.0. The lowest BCUT2D eigenvalue weighted by molar-refractivity contribution is 0.0696. The fourth-order valence-corrected chi connectivity index (χ4v) is 14.5. The number of hydrogen-bond acceptors (Lipinski definition) is 12. The first-order chi connectivity index (χ1) is 35.5. The molecule has 76 heavy (non-hydrogen) atoms. The molecule has 12 rings (SSSR count). The van der Waals surface area contributed by atoms with Gasteiger partial charge >= 0.3 is 5.97 Å². The van der Waals surface area contributed by atoms with Crippen molar-refractivity contribution in [2.75, 3.05) is 63.4 Å². The van der Waals surface area contributed by atoms with Crippen molar-refractivity contribution < 1.29 is 44.7 Å². The third-order valence-corrected chi connectivity index (χ3v) is 25.4. The smallest absolute Gasteiger partial charge is 0.337 e. The molecule has 0 aromatic heterocycles. The average molecular weight is 1170 g/mol. The van der Waals surface area contributed by atoms with Gasteiger partial charge in [0.25, 0.3) is 0 Å². The van der Waals surface area contributed by atoms with E-state index in [-0.39, 0.29) is 17.1 Å². The Morgan fingerprint density at radius 2 is 0.776 bits per heavy atom. The Hall–Kier alpha value is -4.24. The van der Waals surface area contributed by atoms with Crippen molar-refractivity contribution in [2.24, 2.45) is 21.4 Å². The first-order valence-electron chi connectivity index (χ1n) is 27.2. The zero-order chi connectivity index (χ0) is 54.9. The Labute approximate surface area is 459 Å². The topological polar surface area (TPSA) is 234 Å². The predicted molar refractivity (Wildman–Crippen MR) is 304 cm³/mol. The highest BCUT2D eigenvalue weighted by molar-refractivity contribution is 9.10. The Kier molecular flexibility index (Phi) is 15.2. The van der Waals surface area contributed by atoms with Crippen LogP contribution in [0.15, 0.2) is 59.1 Å². The highest BCUT2D eigenvalue weighted by Gasteiger charge is 2.52. The summed E-state index contributed by atoms with van der Waals surface area (Å²) in [4.78, 5) is 42.1. The number of nitrogens with two attached hydrogens (primary N) is 1. The van der Waals surface area contributed by atoms with E-state index < -0.39 is 50.3 Å². The molecule has 3 heterocycles. The van der Waals surface area contributed by atoms with E-state index >= 15 is 0 Å². The van der Waals surface area contributed by atoms with Crippen LogP contribution in [-0.4, -0.2) is 101 Å². The minimum Gasteiger partial charge on any atom is -0.478 e. The number of carboxylic acids is 1. The summed E-state index contributed by atoms with van der Waals surface area (Å²) in [5.41, 5.74) is 7.08. The molecule has 9 aliphatic rings. The number of primary sulfonamides is 1. The number of piperidine rings is 3. The van der Waals surface area contributed by atoms with Crippen molar-refractivity contribution in [2.45, 2.75) is 164 Å². The third-order valence-electron chi connectivity index (χ3n) is 18.7. The third kappa shape index (κ3) is 12.6. The number of carbonyl (C=O) groups is 3. The van der Waals surface area contributed by atoms with Crippen LogP contribution in [0.5, 0.6) is 0 Å². The number of halogens is 1. The van der Waals surface area contributed by atoms with Crippen molar-refractivity contribution in [1.82, 2.24) is 0 Å². The molecule has 0 atom stereocenters. The maximum Gasteiger partial charge on any atom is 0.337 e. The van der Waals surface area contributed by atoms with Crippen LogP contribution in [0.25, 0.3) is 0 Å². The van der Waals surface area contributed by atoms with Gasteiger partial charge in [0.2, 0.25) is 30.1 Å². The molecule has 16 nitrogen and oxygen atoms in total. The maximum absolute atomic E-state index is 12.5. The number of nitrogens with one attached hydrogen (secondary N) is 2. The van der Waals surface area contributed by atoms with Gasteiger partial charge in [0, 0.05) is 66.2 Å². The van der Waals surface area contributed by atoms with Crippen molar-refractivity contribution >= 4 is 92.0 Å². The zero-order valence-corrected chi connectivity index (χ0v) is 48.8.